The zero-order chi connectivity index (χ0) is 73.1. The summed E-state index contributed by atoms with van der Waals surface area (Å²) >= 11 is 0. The van der Waals surface area contributed by atoms with Crippen molar-refractivity contribution < 1.29 is 80.2 Å². The predicted octanol–water partition coefficient (Wildman–Crippen LogP) is 23.6. The average Bonchev–Trinajstić information content (AvgIpc) is 1.00. The Morgan fingerprint density at radius 1 is 0.283 bits per heavy atom. The molecule has 17 nitrogen and oxygen atoms in total. The van der Waals surface area contributed by atoms with Crippen molar-refractivity contribution in [3.63, 3.8) is 0 Å². The number of rotatable bonds is 77. The van der Waals surface area contributed by atoms with Crippen LogP contribution in [0, 0.1) is 23.7 Å². The van der Waals surface area contributed by atoms with E-state index in [1.54, 1.807) is 0 Å². The fraction of sp³-hybridized carbons (Fsp3) is 0.950. The molecule has 0 spiro atoms. The molecule has 0 fully saturated rings. The third kappa shape index (κ3) is 70.2. The molecule has 0 amide bonds. The zero-order valence-electron chi connectivity index (χ0n) is 65.1. The van der Waals surface area contributed by atoms with Gasteiger partial charge in [-0.05, 0) is 49.4 Å². The van der Waals surface area contributed by atoms with Crippen LogP contribution >= 0.6 is 15.6 Å². The van der Waals surface area contributed by atoms with Gasteiger partial charge in [0.25, 0.3) is 0 Å². The molecule has 0 radical (unpaired) electrons. The number of unbranched alkanes of at least 4 members (excludes halogenated alkanes) is 40. The van der Waals surface area contributed by atoms with E-state index in [-0.39, 0.29) is 25.7 Å². The first-order valence-corrected chi connectivity index (χ1v) is 44.3. The second-order valence-electron chi connectivity index (χ2n) is 30.0. The third-order valence-electron chi connectivity index (χ3n) is 19.7. The molecular weight excluding hydrogens is 1290 g/mol. The van der Waals surface area contributed by atoms with Gasteiger partial charge in [-0.3, -0.25) is 37.3 Å². The predicted molar refractivity (Wildman–Crippen MR) is 404 cm³/mol. The Morgan fingerprint density at radius 2 is 0.485 bits per heavy atom. The van der Waals surface area contributed by atoms with E-state index >= 15 is 0 Å². The molecule has 0 aromatic heterocycles. The average molecular weight is 1450 g/mol. The summed E-state index contributed by atoms with van der Waals surface area (Å²) < 4.78 is 68.6. The van der Waals surface area contributed by atoms with Crippen LogP contribution in [0.1, 0.15) is 409 Å². The molecule has 8 atom stereocenters. The van der Waals surface area contributed by atoms with Crippen molar-refractivity contribution >= 4 is 39.5 Å². The van der Waals surface area contributed by atoms with Crippen molar-refractivity contribution in [2.75, 3.05) is 39.6 Å². The lowest BCUT2D eigenvalue weighted by Crippen LogP contribution is -2.30. The number of carbonyl (C=O) groups is 4. The van der Waals surface area contributed by atoms with Crippen LogP contribution in [0.5, 0.6) is 0 Å². The second kappa shape index (κ2) is 69.1. The van der Waals surface area contributed by atoms with Gasteiger partial charge in [-0.1, -0.05) is 357 Å². The third-order valence-corrected chi connectivity index (χ3v) is 21.6. The summed E-state index contributed by atoms with van der Waals surface area (Å²) in [6, 6.07) is 0. The fourth-order valence-electron chi connectivity index (χ4n) is 12.2. The van der Waals surface area contributed by atoms with Crippen molar-refractivity contribution in [3.8, 4) is 0 Å². The van der Waals surface area contributed by atoms with Crippen LogP contribution in [0.4, 0.5) is 0 Å². The van der Waals surface area contributed by atoms with Crippen LogP contribution in [0.25, 0.3) is 0 Å². The Morgan fingerprint density at radius 3 is 0.717 bits per heavy atom. The summed E-state index contributed by atoms with van der Waals surface area (Å²) in [7, 11) is -9.92. The Bertz CT molecular complexity index is 1940. The van der Waals surface area contributed by atoms with Crippen molar-refractivity contribution in [2.24, 2.45) is 23.7 Å². The van der Waals surface area contributed by atoms with Crippen LogP contribution < -0.4 is 0 Å². The molecule has 0 aliphatic rings. The maximum absolute atomic E-state index is 13.1. The van der Waals surface area contributed by atoms with Gasteiger partial charge in [0.15, 0.2) is 12.2 Å². The van der Waals surface area contributed by atoms with E-state index in [1.165, 1.54) is 199 Å². The normalized spacial score (nSPS) is 14.9. The van der Waals surface area contributed by atoms with E-state index in [0.717, 1.165) is 126 Å². The molecule has 0 heterocycles. The fourth-order valence-corrected chi connectivity index (χ4v) is 13.7. The molecule has 0 saturated carbocycles. The van der Waals surface area contributed by atoms with E-state index < -0.39 is 97.5 Å². The highest BCUT2D eigenvalue weighted by Crippen LogP contribution is 2.45. The van der Waals surface area contributed by atoms with Gasteiger partial charge >= 0.3 is 39.5 Å². The van der Waals surface area contributed by atoms with Gasteiger partial charge in [0, 0.05) is 25.7 Å². The number of ether oxygens (including phenoxy) is 4. The molecule has 0 aromatic carbocycles. The Labute approximate surface area is 607 Å². The number of phosphoric acid groups is 2. The molecule has 0 rings (SSSR count). The largest absolute Gasteiger partial charge is 0.472 e. The van der Waals surface area contributed by atoms with Gasteiger partial charge in [-0.25, -0.2) is 9.13 Å². The first-order chi connectivity index (χ1) is 47.7. The summed E-state index contributed by atoms with van der Waals surface area (Å²) in [4.78, 5) is 72.9. The highest BCUT2D eigenvalue weighted by atomic mass is 31.2. The Hall–Kier alpha value is -1.94. The molecule has 19 heteroatoms. The number of carbonyl (C=O) groups excluding carboxylic acids is 4. The number of aliphatic hydroxyl groups is 1. The van der Waals surface area contributed by atoms with Crippen LogP contribution in [0.3, 0.4) is 0 Å². The topological polar surface area (TPSA) is 237 Å². The summed E-state index contributed by atoms with van der Waals surface area (Å²) in [5, 5.41) is 10.6. The number of aliphatic hydroxyl groups excluding tert-OH is 1. The monoisotopic (exact) mass is 1450 g/mol. The van der Waals surface area contributed by atoms with Gasteiger partial charge in [-0.2, -0.15) is 0 Å². The van der Waals surface area contributed by atoms with E-state index in [2.05, 4.69) is 55.4 Å². The van der Waals surface area contributed by atoms with E-state index in [4.69, 9.17) is 37.0 Å². The minimum absolute atomic E-state index is 0.106. The Kier molecular flexibility index (Phi) is 67.8. The summed E-state index contributed by atoms with van der Waals surface area (Å²) in [5.74, 6) is 1.01. The highest BCUT2D eigenvalue weighted by molar-refractivity contribution is 7.47. The summed E-state index contributed by atoms with van der Waals surface area (Å²) in [6.07, 6.45) is 55.6. The smallest absolute Gasteiger partial charge is 0.462 e. The molecule has 588 valence electrons. The SMILES string of the molecule is CCC(C)CCCCCCCCCCCCCCCCCCCCC(=O)O[C@H](COC(=O)CCCCCCCCC(C)CC)COP(=O)(O)OC[C@H](O)COP(=O)(O)OC[C@@H](COC(=O)CCCCCCCCC(C)CC)OC(=O)CCCCCCCCCCCCCCCCC(C)C. The van der Waals surface area contributed by atoms with Crippen molar-refractivity contribution in [2.45, 2.75) is 427 Å². The molecular formula is C80H156O17P2. The van der Waals surface area contributed by atoms with Crippen LogP contribution in [0.15, 0.2) is 0 Å². The summed E-state index contributed by atoms with van der Waals surface area (Å²) in [5.41, 5.74) is 0. The van der Waals surface area contributed by atoms with Gasteiger partial charge in [0.2, 0.25) is 0 Å². The minimum atomic E-state index is -4.96. The first-order valence-electron chi connectivity index (χ1n) is 41.3. The van der Waals surface area contributed by atoms with E-state index in [1.807, 2.05) is 0 Å². The van der Waals surface area contributed by atoms with Crippen molar-refractivity contribution in [3.05, 3.63) is 0 Å². The van der Waals surface area contributed by atoms with Gasteiger partial charge in [0.05, 0.1) is 26.4 Å². The first kappa shape index (κ1) is 97.1. The van der Waals surface area contributed by atoms with Crippen LogP contribution in [0.2, 0.25) is 0 Å². The maximum atomic E-state index is 13.1. The number of esters is 4. The lowest BCUT2D eigenvalue weighted by Gasteiger charge is -2.21. The van der Waals surface area contributed by atoms with Crippen molar-refractivity contribution in [1.29, 1.82) is 0 Å². The molecule has 0 aromatic rings. The molecule has 5 unspecified atom stereocenters. The van der Waals surface area contributed by atoms with Gasteiger partial charge in [0.1, 0.15) is 19.3 Å². The second-order valence-corrected chi connectivity index (χ2v) is 32.9. The lowest BCUT2D eigenvalue weighted by molar-refractivity contribution is -0.161. The van der Waals surface area contributed by atoms with Crippen LogP contribution in [-0.4, -0.2) is 96.7 Å². The minimum Gasteiger partial charge on any atom is -0.462 e. The molecule has 0 saturated heterocycles. The lowest BCUT2D eigenvalue weighted by atomic mass is 9.99. The van der Waals surface area contributed by atoms with Crippen molar-refractivity contribution in [1.82, 2.24) is 0 Å². The quantitative estimate of drug-likeness (QED) is 0.0222. The molecule has 0 bridgehead atoms. The highest BCUT2D eigenvalue weighted by Gasteiger charge is 2.30. The molecule has 99 heavy (non-hydrogen) atoms. The zero-order valence-corrected chi connectivity index (χ0v) is 66.9. The standard InChI is InChI=1S/C80H156O17P2/c1-9-71(6)57-49-41-33-29-25-21-16-14-12-13-15-17-22-26-30-34-46-54-62-79(84)96-75(66-90-77(82)60-52-44-38-36-42-50-58-72(7)10-2)68-94-98(86,87)92-64-74(81)65-93-99(88,89)95-69-76(67-91-78(83)61-53-45-39-37-43-51-59-73(8)11-3)97-80(85)63-55-47-35-31-27-23-19-18-20-24-28-32-40-48-56-70(4)5/h70-76,81H,9-69H2,1-8H3,(H,86,87)(H,88,89)/t71?,72?,73?,74-,75+,76+/m0/s1. The number of hydrogen-bond acceptors (Lipinski definition) is 15. The van der Waals surface area contributed by atoms with E-state index in [9.17, 15) is 43.2 Å². The maximum Gasteiger partial charge on any atom is 0.472 e. The van der Waals surface area contributed by atoms with Gasteiger partial charge in [-0.15, -0.1) is 0 Å². The number of phosphoric ester groups is 2. The molecule has 3 N–H and O–H groups in total. The van der Waals surface area contributed by atoms with Gasteiger partial charge < -0.3 is 33.8 Å². The van der Waals surface area contributed by atoms with E-state index in [0.29, 0.717) is 25.7 Å². The molecule has 0 aliphatic carbocycles. The van der Waals surface area contributed by atoms with Crippen LogP contribution in [-0.2, 0) is 65.4 Å². The Balaban J connectivity index is 5.17. The molecule has 0 aliphatic heterocycles. The summed E-state index contributed by atoms with van der Waals surface area (Å²) in [6.45, 7) is 14.2. The number of hydrogen-bond donors (Lipinski definition) is 3.